The molecule has 0 spiro atoms. The highest BCUT2D eigenvalue weighted by atomic mass is 79.9. The van der Waals surface area contributed by atoms with E-state index in [1.807, 2.05) is 0 Å². The zero-order valence-corrected chi connectivity index (χ0v) is 12.7. The maximum absolute atomic E-state index is 13.5. The number of amides is 1. The summed E-state index contributed by atoms with van der Waals surface area (Å²) < 4.78 is 19.3. The Kier molecular flexibility index (Phi) is 5.37. The Balaban J connectivity index is 1.65. The van der Waals surface area contributed by atoms with Gasteiger partial charge in [-0.3, -0.25) is 4.79 Å². The molecule has 0 heterocycles. The largest absolute Gasteiger partial charge is 0.490 e. The minimum absolute atomic E-state index is 0.0452. The lowest BCUT2D eigenvalue weighted by Gasteiger charge is -2.12. The topological polar surface area (TPSA) is 64.3 Å². The number of ether oxygens (including phenoxy) is 1. The van der Waals surface area contributed by atoms with E-state index >= 15 is 0 Å². The van der Waals surface area contributed by atoms with Gasteiger partial charge in [0.2, 0.25) is 5.91 Å². The standard InChI is InChI=1S/C14H18BrFN2O2/c15-10-3-4-13(11(16)7-10)20-6-5-14(19)18-8-12(17)9-1-2-9/h3-4,7,9,12H,1-2,5-6,8,17H2,(H,18,19). The molecule has 1 unspecified atom stereocenters. The molecule has 3 N–H and O–H groups in total. The highest BCUT2D eigenvalue weighted by Gasteiger charge is 2.28. The number of carbonyl (C=O) groups excluding carboxylic acids is 1. The molecular formula is C14H18BrFN2O2. The van der Waals surface area contributed by atoms with E-state index in [0.717, 1.165) is 12.8 Å². The lowest BCUT2D eigenvalue weighted by Crippen LogP contribution is -2.38. The van der Waals surface area contributed by atoms with Gasteiger partial charge in [-0.05, 0) is 37.0 Å². The second-order valence-electron chi connectivity index (χ2n) is 4.98. The normalized spacial score (nSPS) is 15.8. The van der Waals surface area contributed by atoms with E-state index < -0.39 is 5.82 Å². The predicted molar refractivity (Wildman–Crippen MR) is 77.9 cm³/mol. The Hall–Kier alpha value is -1.14. The zero-order valence-electron chi connectivity index (χ0n) is 11.1. The van der Waals surface area contributed by atoms with Crippen molar-refractivity contribution in [2.75, 3.05) is 13.2 Å². The first-order valence-corrected chi connectivity index (χ1v) is 7.45. The van der Waals surface area contributed by atoms with Crippen LogP contribution in [0.3, 0.4) is 0 Å². The summed E-state index contributed by atoms with van der Waals surface area (Å²) in [5.74, 6) is 0.133. The number of nitrogens with one attached hydrogen (secondary N) is 1. The average molecular weight is 345 g/mol. The molecule has 1 amide bonds. The molecule has 0 aliphatic heterocycles. The van der Waals surface area contributed by atoms with Crippen LogP contribution in [-0.2, 0) is 4.79 Å². The second kappa shape index (κ2) is 7.04. The van der Waals surface area contributed by atoms with Crippen LogP contribution in [0.15, 0.2) is 22.7 Å². The van der Waals surface area contributed by atoms with Gasteiger partial charge in [0.05, 0.1) is 13.0 Å². The number of nitrogens with two attached hydrogens (primary N) is 1. The molecule has 20 heavy (non-hydrogen) atoms. The highest BCUT2D eigenvalue weighted by molar-refractivity contribution is 9.10. The molecular weight excluding hydrogens is 327 g/mol. The molecule has 1 fully saturated rings. The molecule has 1 aliphatic rings. The lowest BCUT2D eigenvalue weighted by atomic mass is 10.2. The Morgan fingerprint density at radius 3 is 2.95 bits per heavy atom. The average Bonchev–Trinajstić information content (AvgIpc) is 3.23. The third-order valence-corrected chi connectivity index (χ3v) is 3.74. The molecule has 0 aromatic heterocycles. The minimum Gasteiger partial charge on any atom is -0.490 e. The zero-order chi connectivity index (χ0) is 14.5. The Morgan fingerprint density at radius 1 is 1.55 bits per heavy atom. The maximum atomic E-state index is 13.5. The summed E-state index contributed by atoms with van der Waals surface area (Å²) in [6.45, 7) is 0.638. The summed E-state index contributed by atoms with van der Waals surface area (Å²) in [7, 11) is 0. The van der Waals surface area contributed by atoms with Crippen LogP contribution < -0.4 is 15.8 Å². The van der Waals surface area contributed by atoms with Gasteiger partial charge >= 0.3 is 0 Å². The molecule has 4 nitrogen and oxygen atoms in total. The van der Waals surface area contributed by atoms with E-state index in [1.54, 1.807) is 6.07 Å². The summed E-state index contributed by atoms with van der Waals surface area (Å²) in [5.41, 5.74) is 5.88. The third-order valence-electron chi connectivity index (χ3n) is 3.24. The van der Waals surface area contributed by atoms with Gasteiger partial charge in [-0.2, -0.15) is 0 Å². The summed E-state index contributed by atoms with van der Waals surface area (Å²) in [6.07, 6.45) is 2.50. The minimum atomic E-state index is -0.449. The number of rotatable bonds is 7. The molecule has 2 rings (SSSR count). The van der Waals surface area contributed by atoms with Crippen molar-refractivity contribution in [1.82, 2.24) is 5.32 Å². The van der Waals surface area contributed by atoms with Crippen molar-refractivity contribution in [3.05, 3.63) is 28.5 Å². The highest BCUT2D eigenvalue weighted by Crippen LogP contribution is 2.31. The van der Waals surface area contributed by atoms with Gasteiger partial charge < -0.3 is 15.8 Å². The molecule has 1 saturated carbocycles. The summed E-state index contributed by atoms with van der Waals surface area (Å²) in [5, 5.41) is 2.77. The van der Waals surface area contributed by atoms with Gasteiger partial charge in [-0.1, -0.05) is 15.9 Å². The molecule has 0 radical (unpaired) electrons. The van der Waals surface area contributed by atoms with Gasteiger partial charge in [-0.15, -0.1) is 0 Å². The second-order valence-corrected chi connectivity index (χ2v) is 5.89. The van der Waals surface area contributed by atoms with Crippen LogP contribution in [0.4, 0.5) is 4.39 Å². The van der Waals surface area contributed by atoms with Crippen molar-refractivity contribution in [3.63, 3.8) is 0 Å². The molecule has 0 bridgehead atoms. The van der Waals surface area contributed by atoms with Crippen LogP contribution in [0.2, 0.25) is 0 Å². The van der Waals surface area contributed by atoms with Crippen molar-refractivity contribution in [1.29, 1.82) is 0 Å². The number of halogens is 2. The Morgan fingerprint density at radius 2 is 2.30 bits per heavy atom. The molecule has 6 heteroatoms. The molecule has 0 saturated heterocycles. The van der Waals surface area contributed by atoms with E-state index in [-0.39, 0.29) is 30.7 Å². The molecule has 110 valence electrons. The van der Waals surface area contributed by atoms with Crippen molar-refractivity contribution in [3.8, 4) is 5.75 Å². The summed E-state index contributed by atoms with van der Waals surface area (Å²) >= 11 is 3.17. The SMILES string of the molecule is NC(CNC(=O)CCOc1ccc(Br)cc1F)C1CC1. The van der Waals surface area contributed by atoms with Gasteiger partial charge in [0.15, 0.2) is 11.6 Å². The van der Waals surface area contributed by atoms with Crippen molar-refractivity contribution in [2.45, 2.75) is 25.3 Å². The van der Waals surface area contributed by atoms with Crippen molar-refractivity contribution in [2.24, 2.45) is 11.7 Å². The smallest absolute Gasteiger partial charge is 0.223 e. The molecule has 1 aromatic carbocycles. The van der Waals surface area contributed by atoms with E-state index in [4.69, 9.17) is 10.5 Å². The van der Waals surface area contributed by atoms with E-state index in [2.05, 4.69) is 21.2 Å². The number of hydrogen-bond acceptors (Lipinski definition) is 3. The molecule has 1 atom stereocenters. The Labute approximate surface area is 126 Å². The van der Waals surface area contributed by atoms with Crippen LogP contribution in [0.25, 0.3) is 0 Å². The molecule has 1 aliphatic carbocycles. The monoisotopic (exact) mass is 344 g/mol. The first-order chi connectivity index (χ1) is 9.56. The number of hydrogen-bond donors (Lipinski definition) is 2. The maximum Gasteiger partial charge on any atom is 0.223 e. The van der Waals surface area contributed by atoms with Crippen molar-refractivity contribution >= 4 is 21.8 Å². The van der Waals surface area contributed by atoms with Crippen LogP contribution in [0, 0.1) is 11.7 Å². The van der Waals surface area contributed by atoms with Gasteiger partial charge in [0.1, 0.15) is 0 Å². The van der Waals surface area contributed by atoms with Crippen LogP contribution >= 0.6 is 15.9 Å². The number of carbonyl (C=O) groups is 1. The van der Waals surface area contributed by atoms with Crippen LogP contribution in [-0.4, -0.2) is 25.1 Å². The quantitative estimate of drug-likeness (QED) is 0.796. The van der Waals surface area contributed by atoms with E-state index in [1.165, 1.54) is 12.1 Å². The fourth-order valence-corrected chi connectivity index (χ4v) is 2.19. The summed E-state index contributed by atoms with van der Waals surface area (Å²) in [4.78, 5) is 11.6. The van der Waals surface area contributed by atoms with Gasteiger partial charge in [0, 0.05) is 17.1 Å². The predicted octanol–water partition coefficient (Wildman–Crippen LogP) is 2.21. The first kappa shape index (κ1) is 15.3. The van der Waals surface area contributed by atoms with Gasteiger partial charge in [0.25, 0.3) is 0 Å². The fraction of sp³-hybridized carbons (Fsp3) is 0.500. The summed E-state index contributed by atoms with van der Waals surface area (Å²) in [6, 6.07) is 4.58. The first-order valence-electron chi connectivity index (χ1n) is 6.66. The lowest BCUT2D eigenvalue weighted by molar-refractivity contribution is -0.121. The van der Waals surface area contributed by atoms with E-state index in [9.17, 15) is 9.18 Å². The number of benzene rings is 1. The van der Waals surface area contributed by atoms with Gasteiger partial charge in [-0.25, -0.2) is 4.39 Å². The van der Waals surface area contributed by atoms with Crippen molar-refractivity contribution < 1.29 is 13.9 Å². The fourth-order valence-electron chi connectivity index (χ4n) is 1.86. The van der Waals surface area contributed by atoms with E-state index in [0.29, 0.717) is 16.9 Å². The van der Waals surface area contributed by atoms with Crippen LogP contribution in [0.1, 0.15) is 19.3 Å². The van der Waals surface area contributed by atoms with Crippen LogP contribution in [0.5, 0.6) is 5.75 Å². The third kappa shape index (κ3) is 4.76. The Bertz CT molecular complexity index is 480. The molecule has 1 aromatic rings.